The molecular weight excluding hydrogens is 324 g/mol. The van der Waals surface area contributed by atoms with Crippen LogP contribution >= 0.6 is 0 Å². The zero-order chi connectivity index (χ0) is 17.8. The first kappa shape index (κ1) is 17.6. The van der Waals surface area contributed by atoms with Crippen LogP contribution in [0.15, 0.2) is 18.2 Å². The molecule has 25 heavy (non-hydrogen) atoms. The summed E-state index contributed by atoms with van der Waals surface area (Å²) >= 11 is 0. The summed E-state index contributed by atoms with van der Waals surface area (Å²) in [5, 5.41) is 13.6. The molecule has 2 heterocycles. The Morgan fingerprint density at radius 2 is 2.12 bits per heavy atom. The number of carbonyl (C=O) groups is 1. The van der Waals surface area contributed by atoms with Crippen LogP contribution in [0.1, 0.15) is 16.8 Å². The van der Waals surface area contributed by atoms with Crippen molar-refractivity contribution >= 4 is 17.3 Å². The predicted octanol–water partition coefficient (Wildman–Crippen LogP) is 1.11. The SMILES string of the molecule is CNC(=O)c1cc([N+](=O)[O-])ccc1N1CCN(CC2CCOC2)CC1. The van der Waals surface area contributed by atoms with Crippen molar-refractivity contribution in [2.75, 3.05) is 57.9 Å². The number of hydrogen-bond donors (Lipinski definition) is 1. The normalized spacial score (nSPS) is 21.3. The molecule has 1 unspecified atom stereocenters. The topological polar surface area (TPSA) is 87.9 Å². The van der Waals surface area contributed by atoms with Crippen LogP contribution in [0.4, 0.5) is 11.4 Å². The number of nitrogens with one attached hydrogen (secondary N) is 1. The number of carbonyl (C=O) groups excluding carboxylic acids is 1. The molecule has 0 radical (unpaired) electrons. The van der Waals surface area contributed by atoms with E-state index in [1.54, 1.807) is 6.07 Å². The Hall–Kier alpha value is -2.19. The van der Waals surface area contributed by atoms with Gasteiger partial charge in [-0.05, 0) is 18.4 Å². The molecule has 1 atom stereocenters. The molecule has 3 rings (SSSR count). The van der Waals surface area contributed by atoms with Crippen molar-refractivity contribution in [1.29, 1.82) is 0 Å². The van der Waals surface area contributed by atoms with Crippen molar-refractivity contribution in [2.45, 2.75) is 6.42 Å². The van der Waals surface area contributed by atoms with Gasteiger partial charge in [-0.15, -0.1) is 0 Å². The molecule has 8 nitrogen and oxygen atoms in total. The minimum absolute atomic E-state index is 0.0674. The Labute approximate surface area is 146 Å². The van der Waals surface area contributed by atoms with Gasteiger partial charge in [-0.3, -0.25) is 19.8 Å². The first-order valence-electron chi connectivity index (χ1n) is 8.64. The molecule has 1 N–H and O–H groups in total. The summed E-state index contributed by atoms with van der Waals surface area (Å²) in [7, 11) is 1.53. The van der Waals surface area contributed by atoms with Crippen LogP contribution < -0.4 is 10.2 Å². The van der Waals surface area contributed by atoms with Crippen LogP contribution in [0.3, 0.4) is 0 Å². The molecule has 1 aromatic rings. The number of nitrogens with zero attached hydrogens (tertiary/aromatic N) is 3. The Bertz CT molecular complexity index is 638. The zero-order valence-corrected chi connectivity index (χ0v) is 14.4. The fourth-order valence-electron chi connectivity index (χ4n) is 3.49. The average molecular weight is 348 g/mol. The third-order valence-electron chi connectivity index (χ3n) is 4.92. The Balaban J connectivity index is 1.69. The maximum Gasteiger partial charge on any atom is 0.270 e. The molecule has 8 heteroatoms. The lowest BCUT2D eigenvalue weighted by atomic mass is 10.1. The minimum atomic E-state index is -0.474. The van der Waals surface area contributed by atoms with Gasteiger partial charge in [-0.1, -0.05) is 0 Å². The van der Waals surface area contributed by atoms with Gasteiger partial charge in [0.15, 0.2) is 0 Å². The van der Waals surface area contributed by atoms with E-state index in [0.717, 1.165) is 58.0 Å². The average Bonchev–Trinajstić information content (AvgIpc) is 3.14. The molecule has 2 fully saturated rings. The van der Waals surface area contributed by atoms with E-state index < -0.39 is 4.92 Å². The maximum atomic E-state index is 12.2. The second kappa shape index (κ2) is 7.79. The van der Waals surface area contributed by atoms with E-state index in [-0.39, 0.29) is 11.6 Å². The lowest BCUT2D eigenvalue weighted by Gasteiger charge is -2.37. The number of piperazine rings is 1. The predicted molar refractivity (Wildman–Crippen MR) is 94.1 cm³/mol. The number of anilines is 1. The fraction of sp³-hybridized carbons (Fsp3) is 0.588. The molecule has 2 aliphatic rings. The van der Waals surface area contributed by atoms with E-state index in [1.165, 1.54) is 19.2 Å². The van der Waals surface area contributed by atoms with Crippen LogP contribution in [0, 0.1) is 16.0 Å². The molecule has 0 bridgehead atoms. The van der Waals surface area contributed by atoms with Gasteiger partial charge in [0, 0.05) is 58.5 Å². The van der Waals surface area contributed by atoms with Crippen molar-refractivity contribution < 1.29 is 14.5 Å². The van der Waals surface area contributed by atoms with E-state index >= 15 is 0 Å². The lowest BCUT2D eigenvalue weighted by molar-refractivity contribution is -0.384. The first-order valence-corrected chi connectivity index (χ1v) is 8.64. The summed E-state index contributed by atoms with van der Waals surface area (Å²) in [4.78, 5) is 27.3. The summed E-state index contributed by atoms with van der Waals surface area (Å²) in [5.74, 6) is 0.316. The van der Waals surface area contributed by atoms with Crippen molar-refractivity contribution in [3.05, 3.63) is 33.9 Å². The van der Waals surface area contributed by atoms with Crippen molar-refractivity contribution in [3.63, 3.8) is 0 Å². The number of non-ortho nitro benzene ring substituents is 1. The van der Waals surface area contributed by atoms with E-state index in [4.69, 9.17) is 4.74 Å². The monoisotopic (exact) mass is 348 g/mol. The van der Waals surface area contributed by atoms with Crippen LogP contribution in [-0.2, 0) is 4.74 Å². The van der Waals surface area contributed by atoms with E-state index in [1.807, 2.05) is 0 Å². The Morgan fingerprint density at radius 3 is 2.72 bits per heavy atom. The quantitative estimate of drug-likeness (QED) is 0.634. The number of benzene rings is 1. The highest BCUT2D eigenvalue weighted by Crippen LogP contribution is 2.27. The van der Waals surface area contributed by atoms with Crippen molar-refractivity contribution in [2.24, 2.45) is 5.92 Å². The highest BCUT2D eigenvalue weighted by molar-refractivity contribution is 6.00. The molecule has 2 aliphatic heterocycles. The van der Waals surface area contributed by atoms with Crippen molar-refractivity contribution in [1.82, 2.24) is 10.2 Å². The highest BCUT2D eigenvalue weighted by atomic mass is 16.6. The smallest absolute Gasteiger partial charge is 0.270 e. The fourth-order valence-corrected chi connectivity index (χ4v) is 3.49. The summed E-state index contributed by atoms with van der Waals surface area (Å²) in [5.41, 5.74) is 1.05. The number of nitro benzene ring substituents is 1. The van der Waals surface area contributed by atoms with Gasteiger partial charge in [0.2, 0.25) is 0 Å². The molecule has 1 aromatic carbocycles. The lowest BCUT2D eigenvalue weighted by Crippen LogP contribution is -2.48. The number of ether oxygens (including phenoxy) is 1. The van der Waals surface area contributed by atoms with E-state index in [2.05, 4.69) is 15.1 Å². The first-order chi connectivity index (χ1) is 12.1. The molecule has 0 saturated carbocycles. The van der Waals surface area contributed by atoms with Crippen LogP contribution in [-0.4, -0.2) is 68.7 Å². The van der Waals surface area contributed by atoms with Crippen LogP contribution in [0.2, 0.25) is 0 Å². The third-order valence-corrected chi connectivity index (χ3v) is 4.92. The van der Waals surface area contributed by atoms with E-state index in [9.17, 15) is 14.9 Å². The van der Waals surface area contributed by atoms with Gasteiger partial charge in [0.25, 0.3) is 11.6 Å². The Kier molecular flexibility index (Phi) is 5.50. The van der Waals surface area contributed by atoms with Gasteiger partial charge in [-0.2, -0.15) is 0 Å². The molecule has 2 saturated heterocycles. The Morgan fingerprint density at radius 1 is 1.36 bits per heavy atom. The van der Waals surface area contributed by atoms with Gasteiger partial charge in [0.05, 0.1) is 22.8 Å². The molecule has 0 aliphatic carbocycles. The largest absolute Gasteiger partial charge is 0.381 e. The van der Waals surface area contributed by atoms with Crippen LogP contribution in [0.5, 0.6) is 0 Å². The van der Waals surface area contributed by atoms with Crippen LogP contribution in [0.25, 0.3) is 0 Å². The number of amides is 1. The summed E-state index contributed by atoms with van der Waals surface area (Å²) in [6.07, 6.45) is 1.13. The molecule has 0 spiro atoms. The molecule has 0 aromatic heterocycles. The maximum absolute atomic E-state index is 12.2. The standard InChI is InChI=1S/C17H24N4O4/c1-18-17(22)15-10-14(21(23)24)2-3-16(15)20-7-5-19(6-8-20)11-13-4-9-25-12-13/h2-3,10,13H,4-9,11-12H2,1H3,(H,18,22). The number of hydrogen-bond acceptors (Lipinski definition) is 6. The number of nitro groups is 1. The highest BCUT2D eigenvalue weighted by Gasteiger charge is 2.25. The second-order valence-electron chi connectivity index (χ2n) is 6.55. The summed E-state index contributed by atoms with van der Waals surface area (Å²) < 4.78 is 5.44. The van der Waals surface area contributed by atoms with E-state index in [0.29, 0.717) is 11.5 Å². The minimum Gasteiger partial charge on any atom is -0.381 e. The summed E-state index contributed by atoms with van der Waals surface area (Å²) in [6.45, 7) is 6.20. The van der Waals surface area contributed by atoms with Gasteiger partial charge >= 0.3 is 0 Å². The third kappa shape index (κ3) is 4.08. The zero-order valence-electron chi connectivity index (χ0n) is 14.4. The number of rotatable bonds is 5. The molecule has 1 amide bonds. The molecular formula is C17H24N4O4. The van der Waals surface area contributed by atoms with Crippen molar-refractivity contribution in [3.8, 4) is 0 Å². The van der Waals surface area contributed by atoms with Gasteiger partial charge in [-0.25, -0.2) is 0 Å². The summed E-state index contributed by atoms with van der Waals surface area (Å²) in [6, 6.07) is 4.50. The van der Waals surface area contributed by atoms with Gasteiger partial charge in [0.1, 0.15) is 0 Å². The molecule has 136 valence electrons. The second-order valence-corrected chi connectivity index (χ2v) is 6.55. The van der Waals surface area contributed by atoms with Gasteiger partial charge < -0.3 is 15.0 Å².